The summed E-state index contributed by atoms with van der Waals surface area (Å²) in [6.45, 7) is 4.14. The standard InChI is InChI=1S/C14H20ClNO/c1-9-3-5-11(12(15)7-9)8-13(16)14-6-4-10(2)17-14/h3,5,7,10,13-14H,4,6,8,16H2,1-2H3. The van der Waals surface area contributed by atoms with Crippen LogP contribution >= 0.6 is 11.6 Å². The number of hydrogen-bond acceptors (Lipinski definition) is 2. The highest BCUT2D eigenvalue weighted by atomic mass is 35.5. The van der Waals surface area contributed by atoms with Crippen LogP contribution in [0.15, 0.2) is 18.2 Å². The molecule has 3 atom stereocenters. The molecule has 0 bridgehead atoms. The lowest BCUT2D eigenvalue weighted by Gasteiger charge is -2.20. The van der Waals surface area contributed by atoms with E-state index >= 15 is 0 Å². The van der Waals surface area contributed by atoms with Gasteiger partial charge in [0.2, 0.25) is 0 Å². The van der Waals surface area contributed by atoms with Gasteiger partial charge in [-0.05, 0) is 50.3 Å². The van der Waals surface area contributed by atoms with Crippen molar-refractivity contribution in [3.8, 4) is 0 Å². The molecule has 0 aromatic heterocycles. The highest BCUT2D eigenvalue weighted by Gasteiger charge is 2.27. The van der Waals surface area contributed by atoms with Crippen LogP contribution in [-0.2, 0) is 11.2 Å². The highest BCUT2D eigenvalue weighted by Crippen LogP contribution is 2.25. The summed E-state index contributed by atoms with van der Waals surface area (Å²) in [5.74, 6) is 0. The van der Waals surface area contributed by atoms with Crippen molar-refractivity contribution < 1.29 is 4.74 Å². The molecule has 2 N–H and O–H groups in total. The van der Waals surface area contributed by atoms with E-state index in [1.165, 1.54) is 5.56 Å². The first-order valence-corrected chi connectivity index (χ1v) is 6.60. The molecule has 0 amide bonds. The molecule has 94 valence electrons. The summed E-state index contributed by atoms with van der Waals surface area (Å²) < 4.78 is 5.79. The van der Waals surface area contributed by atoms with Gasteiger partial charge in [-0.2, -0.15) is 0 Å². The van der Waals surface area contributed by atoms with Gasteiger partial charge in [-0.15, -0.1) is 0 Å². The molecule has 0 radical (unpaired) electrons. The fraction of sp³-hybridized carbons (Fsp3) is 0.571. The first-order valence-electron chi connectivity index (χ1n) is 6.22. The first kappa shape index (κ1) is 12.9. The molecule has 3 heteroatoms. The smallest absolute Gasteiger partial charge is 0.0733 e. The molecule has 0 saturated carbocycles. The van der Waals surface area contributed by atoms with Crippen LogP contribution in [0, 0.1) is 6.92 Å². The van der Waals surface area contributed by atoms with Crippen molar-refractivity contribution in [2.45, 2.75) is 51.4 Å². The maximum absolute atomic E-state index is 6.21. The number of ether oxygens (including phenoxy) is 1. The van der Waals surface area contributed by atoms with Crippen LogP contribution in [0.2, 0.25) is 5.02 Å². The van der Waals surface area contributed by atoms with Gasteiger partial charge in [-0.3, -0.25) is 0 Å². The second-order valence-electron chi connectivity index (χ2n) is 5.03. The molecule has 1 saturated heterocycles. The predicted molar refractivity (Wildman–Crippen MR) is 71.4 cm³/mol. The Kier molecular flexibility index (Phi) is 4.08. The zero-order valence-corrected chi connectivity index (χ0v) is 11.2. The largest absolute Gasteiger partial charge is 0.374 e. The molecular formula is C14H20ClNO. The Bertz CT molecular complexity index is 394. The predicted octanol–water partition coefficient (Wildman–Crippen LogP) is 3.09. The van der Waals surface area contributed by atoms with Gasteiger partial charge in [-0.1, -0.05) is 23.7 Å². The molecule has 1 heterocycles. The van der Waals surface area contributed by atoms with Gasteiger partial charge in [0.15, 0.2) is 0 Å². The van der Waals surface area contributed by atoms with Crippen LogP contribution in [0.4, 0.5) is 0 Å². The van der Waals surface area contributed by atoms with E-state index in [-0.39, 0.29) is 12.1 Å². The molecule has 17 heavy (non-hydrogen) atoms. The van der Waals surface area contributed by atoms with Crippen molar-refractivity contribution in [3.63, 3.8) is 0 Å². The van der Waals surface area contributed by atoms with Gasteiger partial charge in [0, 0.05) is 11.1 Å². The number of hydrogen-bond donors (Lipinski definition) is 1. The van der Waals surface area contributed by atoms with E-state index in [0.29, 0.717) is 6.10 Å². The van der Waals surface area contributed by atoms with Gasteiger partial charge < -0.3 is 10.5 Å². The SMILES string of the molecule is Cc1ccc(CC(N)C2CCC(C)O2)c(Cl)c1. The third-order valence-electron chi connectivity index (χ3n) is 3.41. The quantitative estimate of drug-likeness (QED) is 0.899. The average Bonchev–Trinajstić information content (AvgIpc) is 2.69. The fourth-order valence-electron chi connectivity index (χ4n) is 2.35. The van der Waals surface area contributed by atoms with Gasteiger partial charge >= 0.3 is 0 Å². The van der Waals surface area contributed by atoms with Crippen LogP contribution < -0.4 is 5.73 Å². The molecular weight excluding hydrogens is 234 g/mol. The van der Waals surface area contributed by atoms with E-state index in [9.17, 15) is 0 Å². The van der Waals surface area contributed by atoms with Crippen LogP contribution in [0.25, 0.3) is 0 Å². The van der Waals surface area contributed by atoms with Crippen molar-refractivity contribution in [3.05, 3.63) is 34.3 Å². The van der Waals surface area contributed by atoms with Crippen LogP contribution in [0.3, 0.4) is 0 Å². The molecule has 1 aliphatic rings. The summed E-state index contributed by atoms with van der Waals surface area (Å²) in [5, 5.41) is 0.812. The molecule has 1 fully saturated rings. The van der Waals surface area contributed by atoms with Crippen molar-refractivity contribution in [1.29, 1.82) is 0 Å². The highest BCUT2D eigenvalue weighted by molar-refractivity contribution is 6.31. The molecule has 0 spiro atoms. The Balaban J connectivity index is 2.00. The summed E-state index contributed by atoms with van der Waals surface area (Å²) >= 11 is 6.21. The monoisotopic (exact) mass is 253 g/mol. The molecule has 3 unspecified atom stereocenters. The lowest BCUT2D eigenvalue weighted by molar-refractivity contribution is 0.0404. The summed E-state index contributed by atoms with van der Waals surface area (Å²) in [6, 6.07) is 6.17. The molecule has 1 aromatic carbocycles. The lowest BCUT2D eigenvalue weighted by atomic mass is 9.99. The van der Waals surface area contributed by atoms with Crippen molar-refractivity contribution in [2.24, 2.45) is 5.73 Å². The summed E-state index contributed by atoms with van der Waals surface area (Å²) in [4.78, 5) is 0. The zero-order valence-electron chi connectivity index (χ0n) is 10.4. The third kappa shape index (κ3) is 3.21. The van der Waals surface area contributed by atoms with Crippen molar-refractivity contribution in [2.75, 3.05) is 0 Å². The maximum atomic E-state index is 6.21. The first-order chi connectivity index (χ1) is 8.06. The zero-order chi connectivity index (χ0) is 12.4. The van der Waals surface area contributed by atoms with Gasteiger partial charge in [0.05, 0.1) is 12.2 Å². The molecule has 0 aliphatic carbocycles. The average molecular weight is 254 g/mol. The van der Waals surface area contributed by atoms with Gasteiger partial charge in [0.1, 0.15) is 0 Å². The molecule has 1 aromatic rings. The van der Waals surface area contributed by atoms with Crippen molar-refractivity contribution >= 4 is 11.6 Å². The van der Waals surface area contributed by atoms with Crippen LogP contribution in [-0.4, -0.2) is 18.2 Å². The Morgan fingerprint density at radius 3 is 2.82 bits per heavy atom. The van der Waals surface area contributed by atoms with E-state index in [0.717, 1.165) is 29.8 Å². The number of benzene rings is 1. The van der Waals surface area contributed by atoms with E-state index in [1.807, 2.05) is 13.0 Å². The topological polar surface area (TPSA) is 35.2 Å². The second-order valence-corrected chi connectivity index (χ2v) is 5.43. The van der Waals surface area contributed by atoms with E-state index in [2.05, 4.69) is 19.1 Å². The number of halogens is 1. The Labute approximate surface area is 108 Å². The van der Waals surface area contributed by atoms with Crippen LogP contribution in [0.5, 0.6) is 0 Å². The molecule has 1 aliphatic heterocycles. The Morgan fingerprint density at radius 1 is 1.47 bits per heavy atom. The summed E-state index contributed by atoms with van der Waals surface area (Å²) in [6.07, 6.45) is 3.49. The van der Waals surface area contributed by atoms with Gasteiger partial charge in [-0.25, -0.2) is 0 Å². The number of rotatable bonds is 3. The number of aryl methyl sites for hydroxylation is 1. The maximum Gasteiger partial charge on any atom is 0.0733 e. The van der Waals surface area contributed by atoms with E-state index < -0.39 is 0 Å². The van der Waals surface area contributed by atoms with Gasteiger partial charge in [0.25, 0.3) is 0 Å². The fourth-order valence-corrected chi connectivity index (χ4v) is 2.66. The Morgan fingerprint density at radius 2 is 2.24 bits per heavy atom. The Hall–Kier alpha value is -0.570. The molecule has 2 nitrogen and oxygen atoms in total. The normalized spacial score (nSPS) is 26.1. The molecule has 2 rings (SSSR count). The minimum Gasteiger partial charge on any atom is -0.374 e. The second kappa shape index (κ2) is 5.38. The van der Waals surface area contributed by atoms with E-state index in [1.54, 1.807) is 0 Å². The third-order valence-corrected chi connectivity index (χ3v) is 3.76. The lowest BCUT2D eigenvalue weighted by Crippen LogP contribution is -2.36. The minimum atomic E-state index is 0.0418. The summed E-state index contributed by atoms with van der Waals surface area (Å²) in [5.41, 5.74) is 8.49. The van der Waals surface area contributed by atoms with E-state index in [4.69, 9.17) is 22.1 Å². The van der Waals surface area contributed by atoms with Crippen LogP contribution in [0.1, 0.15) is 30.9 Å². The minimum absolute atomic E-state index is 0.0418. The van der Waals surface area contributed by atoms with Crippen molar-refractivity contribution in [1.82, 2.24) is 0 Å². The summed E-state index contributed by atoms with van der Waals surface area (Å²) in [7, 11) is 0. The number of nitrogens with two attached hydrogens (primary N) is 1.